The molecular formula is C20H23NO5S. The molecule has 0 atom stereocenters. The second kappa shape index (κ2) is 11.1. The van der Waals surface area contributed by atoms with Gasteiger partial charge >= 0.3 is 5.97 Å². The van der Waals surface area contributed by atoms with E-state index in [1.54, 1.807) is 14.2 Å². The van der Waals surface area contributed by atoms with Crippen LogP contribution in [0.2, 0.25) is 0 Å². The summed E-state index contributed by atoms with van der Waals surface area (Å²) in [5.41, 5.74) is 1.00. The van der Waals surface area contributed by atoms with Crippen molar-refractivity contribution in [1.29, 1.82) is 0 Å². The summed E-state index contributed by atoms with van der Waals surface area (Å²) >= 11 is 1.37. The molecule has 0 aromatic heterocycles. The van der Waals surface area contributed by atoms with Crippen LogP contribution in [0.25, 0.3) is 0 Å². The number of amides is 1. The molecule has 1 N–H and O–H groups in total. The lowest BCUT2D eigenvalue weighted by Crippen LogP contribution is -2.30. The fourth-order valence-corrected chi connectivity index (χ4v) is 3.00. The van der Waals surface area contributed by atoms with Crippen molar-refractivity contribution in [3.8, 4) is 11.5 Å². The highest BCUT2D eigenvalue weighted by Crippen LogP contribution is 2.27. The van der Waals surface area contributed by atoms with Crippen molar-refractivity contribution >= 4 is 23.6 Å². The molecule has 2 aromatic carbocycles. The van der Waals surface area contributed by atoms with Crippen LogP contribution in [0, 0.1) is 0 Å². The third kappa shape index (κ3) is 7.22. The van der Waals surface area contributed by atoms with E-state index < -0.39 is 5.97 Å². The molecule has 1 amide bonds. The van der Waals surface area contributed by atoms with Crippen LogP contribution in [0.15, 0.2) is 53.4 Å². The molecule has 0 saturated heterocycles. The molecular weight excluding hydrogens is 366 g/mol. The molecule has 6 nitrogen and oxygen atoms in total. The van der Waals surface area contributed by atoms with Gasteiger partial charge in [-0.05, 0) is 36.2 Å². The topological polar surface area (TPSA) is 73.9 Å². The van der Waals surface area contributed by atoms with Crippen molar-refractivity contribution in [2.24, 2.45) is 0 Å². The number of hydrogen-bond donors (Lipinski definition) is 1. The molecule has 0 radical (unpaired) electrons. The van der Waals surface area contributed by atoms with Crippen LogP contribution in [0.3, 0.4) is 0 Å². The molecule has 2 aromatic rings. The normalized spacial score (nSPS) is 10.1. The first kappa shape index (κ1) is 20.6. The van der Waals surface area contributed by atoms with Gasteiger partial charge in [0, 0.05) is 11.4 Å². The second-order valence-corrected chi connectivity index (χ2v) is 6.60. The zero-order valence-electron chi connectivity index (χ0n) is 15.4. The van der Waals surface area contributed by atoms with Crippen molar-refractivity contribution in [3.63, 3.8) is 0 Å². The molecule has 27 heavy (non-hydrogen) atoms. The number of thioether (sulfide) groups is 1. The van der Waals surface area contributed by atoms with Gasteiger partial charge in [0.2, 0.25) is 0 Å². The number of esters is 1. The smallest absolute Gasteiger partial charge is 0.316 e. The van der Waals surface area contributed by atoms with Crippen LogP contribution in [-0.2, 0) is 20.7 Å². The SMILES string of the molecule is COc1ccc(CCNC(=O)COC(=O)CSc2ccccc2)cc1OC. The molecule has 2 rings (SSSR count). The average molecular weight is 389 g/mol. The number of carbonyl (C=O) groups is 2. The predicted octanol–water partition coefficient (Wildman–Crippen LogP) is 2.70. The van der Waals surface area contributed by atoms with Gasteiger partial charge in [-0.15, -0.1) is 11.8 Å². The highest BCUT2D eigenvalue weighted by Gasteiger charge is 2.09. The van der Waals surface area contributed by atoms with Crippen LogP contribution in [0.1, 0.15) is 5.56 Å². The molecule has 0 spiro atoms. The molecule has 144 valence electrons. The molecule has 7 heteroatoms. The first-order chi connectivity index (χ1) is 13.1. The van der Waals surface area contributed by atoms with Crippen LogP contribution in [0.5, 0.6) is 11.5 Å². The number of benzene rings is 2. The Bertz CT molecular complexity index is 751. The Morgan fingerprint density at radius 1 is 1.00 bits per heavy atom. The molecule has 0 aliphatic rings. The van der Waals surface area contributed by atoms with Crippen LogP contribution < -0.4 is 14.8 Å². The number of nitrogens with one attached hydrogen (secondary N) is 1. The Morgan fingerprint density at radius 2 is 1.74 bits per heavy atom. The third-order valence-electron chi connectivity index (χ3n) is 3.65. The van der Waals surface area contributed by atoms with E-state index in [0.717, 1.165) is 10.5 Å². The molecule has 0 unspecified atom stereocenters. The summed E-state index contributed by atoms with van der Waals surface area (Å²) in [6, 6.07) is 15.1. The highest BCUT2D eigenvalue weighted by atomic mass is 32.2. The zero-order valence-corrected chi connectivity index (χ0v) is 16.2. The van der Waals surface area contributed by atoms with Gasteiger partial charge in [0.05, 0.1) is 20.0 Å². The maximum atomic E-state index is 11.8. The molecule has 0 bridgehead atoms. The number of hydrogen-bond acceptors (Lipinski definition) is 6. The van der Waals surface area contributed by atoms with Crippen molar-refractivity contribution < 1.29 is 23.8 Å². The van der Waals surface area contributed by atoms with Gasteiger partial charge in [-0.1, -0.05) is 24.3 Å². The lowest BCUT2D eigenvalue weighted by Gasteiger charge is -2.10. The number of rotatable bonds is 10. The van der Waals surface area contributed by atoms with Crippen molar-refractivity contribution in [1.82, 2.24) is 5.32 Å². The Kier molecular flexibility index (Phi) is 8.51. The van der Waals surface area contributed by atoms with E-state index in [0.29, 0.717) is 24.5 Å². The first-order valence-electron chi connectivity index (χ1n) is 8.43. The molecule has 0 saturated carbocycles. The fraction of sp³-hybridized carbons (Fsp3) is 0.300. The Morgan fingerprint density at radius 3 is 2.44 bits per heavy atom. The quantitative estimate of drug-likeness (QED) is 0.498. The van der Waals surface area contributed by atoms with E-state index in [1.165, 1.54) is 11.8 Å². The lowest BCUT2D eigenvalue weighted by atomic mass is 10.1. The largest absolute Gasteiger partial charge is 0.493 e. The summed E-state index contributed by atoms with van der Waals surface area (Å²) in [6.45, 7) is 0.157. The summed E-state index contributed by atoms with van der Waals surface area (Å²) in [5.74, 6) is 0.729. The van der Waals surface area contributed by atoms with Gasteiger partial charge in [0.15, 0.2) is 18.1 Å². The summed E-state index contributed by atoms with van der Waals surface area (Å²) in [5, 5.41) is 2.73. The fourth-order valence-electron chi connectivity index (χ4n) is 2.28. The van der Waals surface area contributed by atoms with E-state index in [9.17, 15) is 9.59 Å². The predicted molar refractivity (Wildman–Crippen MR) is 104 cm³/mol. The van der Waals surface area contributed by atoms with Crippen molar-refractivity contribution in [2.45, 2.75) is 11.3 Å². The molecule has 0 heterocycles. The van der Waals surface area contributed by atoms with E-state index in [4.69, 9.17) is 14.2 Å². The standard InChI is InChI=1S/C20H23NO5S/c1-24-17-9-8-15(12-18(17)25-2)10-11-21-19(22)13-26-20(23)14-27-16-6-4-3-5-7-16/h3-9,12H,10-11,13-14H2,1-2H3,(H,21,22). The van der Waals surface area contributed by atoms with Crippen LogP contribution in [-0.4, -0.2) is 45.0 Å². The minimum atomic E-state index is -0.418. The Hall–Kier alpha value is -2.67. The average Bonchev–Trinajstić information content (AvgIpc) is 2.71. The van der Waals surface area contributed by atoms with Gasteiger partial charge < -0.3 is 19.5 Å². The molecule has 0 fully saturated rings. The van der Waals surface area contributed by atoms with E-state index in [1.807, 2.05) is 48.5 Å². The minimum Gasteiger partial charge on any atom is -0.493 e. The van der Waals surface area contributed by atoms with E-state index in [2.05, 4.69) is 5.32 Å². The lowest BCUT2D eigenvalue weighted by molar-refractivity contribution is -0.145. The second-order valence-electron chi connectivity index (χ2n) is 5.55. The summed E-state index contributed by atoms with van der Waals surface area (Å²) in [6.07, 6.45) is 0.629. The third-order valence-corrected chi connectivity index (χ3v) is 4.63. The molecule has 0 aliphatic carbocycles. The van der Waals surface area contributed by atoms with Gasteiger partial charge in [0.1, 0.15) is 0 Å². The van der Waals surface area contributed by atoms with E-state index >= 15 is 0 Å². The van der Waals surface area contributed by atoms with Gasteiger partial charge in [0.25, 0.3) is 5.91 Å². The monoisotopic (exact) mass is 389 g/mol. The van der Waals surface area contributed by atoms with Crippen LogP contribution >= 0.6 is 11.8 Å². The summed E-state index contributed by atoms with van der Waals surface area (Å²) in [7, 11) is 3.16. The number of ether oxygens (including phenoxy) is 3. The zero-order chi connectivity index (χ0) is 19.5. The maximum absolute atomic E-state index is 11.8. The summed E-state index contributed by atoms with van der Waals surface area (Å²) in [4.78, 5) is 24.5. The Labute approximate surface area is 163 Å². The highest BCUT2D eigenvalue weighted by molar-refractivity contribution is 8.00. The first-order valence-corrected chi connectivity index (χ1v) is 9.42. The Balaban J connectivity index is 1.65. The van der Waals surface area contributed by atoms with Crippen LogP contribution in [0.4, 0.5) is 0 Å². The van der Waals surface area contributed by atoms with Crippen molar-refractivity contribution in [3.05, 3.63) is 54.1 Å². The van der Waals surface area contributed by atoms with E-state index in [-0.39, 0.29) is 18.3 Å². The van der Waals surface area contributed by atoms with Crippen molar-refractivity contribution in [2.75, 3.05) is 33.1 Å². The molecule has 0 aliphatic heterocycles. The minimum absolute atomic E-state index is 0.170. The van der Waals surface area contributed by atoms with Gasteiger partial charge in [-0.2, -0.15) is 0 Å². The van der Waals surface area contributed by atoms with Gasteiger partial charge in [-0.3, -0.25) is 9.59 Å². The maximum Gasteiger partial charge on any atom is 0.316 e. The number of methoxy groups -OCH3 is 2. The number of carbonyl (C=O) groups excluding carboxylic acids is 2. The van der Waals surface area contributed by atoms with Gasteiger partial charge in [-0.25, -0.2) is 0 Å². The summed E-state index contributed by atoms with van der Waals surface area (Å²) < 4.78 is 15.4.